The first kappa shape index (κ1) is 18.0. The molecule has 0 bridgehead atoms. The van der Waals surface area contributed by atoms with Gasteiger partial charge in [-0.2, -0.15) is 5.10 Å². The number of amides is 1. The third-order valence-corrected chi connectivity index (χ3v) is 4.16. The molecule has 0 atom stereocenters. The number of carbonyl (C=O) groups is 1. The Morgan fingerprint density at radius 3 is 2.50 bits per heavy atom. The first-order valence-corrected chi connectivity index (χ1v) is 8.38. The van der Waals surface area contributed by atoms with Gasteiger partial charge in [-0.15, -0.1) is 18.3 Å². The highest BCUT2D eigenvalue weighted by Crippen LogP contribution is 2.28. The number of carbonyl (C=O) groups excluding carboxylic acids is 1. The number of rotatable bonds is 4. The Morgan fingerprint density at radius 2 is 1.85 bits per heavy atom. The maximum atomic E-state index is 12.2. The van der Waals surface area contributed by atoms with E-state index in [1.807, 2.05) is 18.2 Å². The highest BCUT2D eigenvalue weighted by molar-refractivity contribution is 8.15. The maximum absolute atomic E-state index is 12.2. The van der Waals surface area contributed by atoms with E-state index in [0.717, 1.165) is 11.1 Å². The van der Waals surface area contributed by atoms with Crippen LogP contribution in [0.1, 0.15) is 5.56 Å². The molecule has 0 unspecified atom stereocenters. The van der Waals surface area contributed by atoms with Crippen LogP contribution in [0.4, 0.5) is 13.2 Å². The SMILES string of the molecule is O=C1CSC(=NN=Cc2ccccc2-c2ccc(OC(F)(F)F)cc2)N1. The Morgan fingerprint density at radius 1 is 1.12 bits per heavy atom. The van der Waals surface area contributed by atoms with Crippen LogP contribution in [0.15, 0.2) is 58.7 Å². The molecular weight excluding hydrogens is 367 g/mol. The average molecular weight is 379 g/mol. The molecule has 1 fully saturated rings. The number of halogens is 3. The van der Waals surface area contributed by atoms with E-state index < -0.39 is 6.36 Å². The summed E-state index contributed by atoms with van der Waals surface area (Å²) in [5.74, 6) is -0.0876. The third kappa shape index (κ3) is 4.85. The zero-order valence-electron chi connectivity index (χ0n) is 13.2. The third-order valence-electron chi connectivity index (χ3n) is 3.29. The first-order chi connectivity index (χ1) is 12.4. The Kier molecular flexibility index (Phi) is 5.27. The summed E-state index contributed by atoms with van der Waals surface area (Å²) in [4.78, 5) is 11.1. The fraction of sp³-hybridized carbons (Fsp3) is 0.118. The van der Waals surface area contributed by atoms with Gasteiger partial charge in [-0.25, -0.2) is 0 Å². The van der Waals surface area contributed by atoms with Crippen molar-refractivity contribution >= 4 is 29.1 Å². The summed E-state index contributed by atoms with van der Waals surface area (Å²) in [6, 6.07) is 12.8. The minimum absolute atomic E-state index is 0.120. The summed E-state index contributed by atoms with van der Waals surface area (Å²) in [6.45, 7) is 0. The molecule has 1 aliphatic heterocycles. The lowest BCUT2D eigenvalue weighted by Crippen LogP contribution is -2.19. The van der Waals surface area contributed by atoms with Gasteiger partial charge >= 0.3 is 6.36 Å². The smallest absolute Gasteiger partial charge is 0.406 e. The second kappa shape index (κ2) is 7.61. The number of amidine groups is 1. The number of thioether (sulfide) groups is 1. The quantitative estimate of drug-likeness (QED) is 0.649. The molecule has 26 heavy (non-hydrogen) atoms. The van der Waals surface area contributed by atoms with Gasteiger partial charge in [0.15, 0.2) is 5.17 Å². The summed E-state index contributed by atoms with van der Waals surface area (Å²) >= 11 is 1.26. The van der Waals surface area contributed by atoms with E-state index in [0.29, 0.717) is 16.5 Å². The van der Waals surface area contributed by atoms with Crippen LogP contribution in [0.2, 0.25) is 0 Å². The minimum atomic E-state index is -4.72. The minimum Gasteiger partial charge on any atom is -0.406 e. The summed E-state index contributed by atoms with van der Waals surface area (Å²) in [7, 11) is 0. The number of benzene rings is 2. The summed E-state index contributed by atoms with van der Waals surface area (Å²) in [6.07, 6.45) is -3.20. The van der Waals surface area contributed by atoms with Crippen molar-refractivity contribution in [3.05, 3.63) is 54.1 Å². The maximum Gasteiger partial charge on any atom is 0.573 e. The lowest BCUT2D eigenvalue weighted by atomic mass is 10.0. The molecule has 3 rings (SSSR count). The van der Waals surface area contributed by atoms with Crippen molar-refractivity contribution < 1.29 is 22.7 Å². The average Bonchev–Trinajstić information content (AvgIpc) is 3.00. The Bertz CT molecular complexity index is 864. The second-order valence-electron chi connectivity index (χ2n) is 5.15. The number of ether oxygens (including phenoxy) is 1. The van der Waals surface area contributed by atoms with E-state index in [1.54, 1.807) is 6.07 Å². The van der Waals surface area contributed by atoms with Crippen molar-refractivity contribution in [2.45, 2.75) is 6.36 Å². The normalized spacial score (nSPS) is 16.3. The molecule has 0 aromatic heterocycles. The predicted molar refractivity (Wildman–Crippen MR) is 94.2 cm³/mol. The molecule has 1 aliphatic rings. The molecule has 1 saturated heterocycles. The number of nitrogens with zero attached hydrogens (tertiary/aromatic N) is 2. The lowest BCUT2D eigenvalue weighted by Gasteiger charge is -2.10. The van der Waals surface area contributed by atoms with Crippen molar-refractivity contribution in [2.24, 2.45) is 10.2 Å². The molecule has 1 N–H and O–H groups in total. The van der Waals surface area contributed by atoms with Crippen LogP contribution in [-0.2, 0) is 4.79 Å². The molecule has 0 aliphatic carbocycles. The van der Waals surface area contributed by atoms with Gasteiger partial charge in [0.25, 0.3) is 0 Å². The first-order valence-electron chi connectivity index (χ1n) is 7.39. The van der Waals surface area contributed by atoms with Gasteiger partial charge in [0.1, 0.15) is 5.75 Å². The largest absolute Gasteiger partial charge is 0.573 e. The van der Waals surface area contributed by atoms with E-state index in [2.05, 4.69) is 20.3 Å². The van der Waals surface area contributed by atoms with Gasteiger partial charge in [0.2, 0.25) is 5.91 Å². The molecule has 9 heteroatoms. The van der Waals surface area contributed by atoms with E-state index in [9.17, 15) is 18.0 Å². The molecule has 0 spiro atoms. The fourth-order valence-corrected chi connectivity index (χ4v) is 2.86. The van der Waals surface area contributed by atoms with Gasteiger partial charge in [-0.05, 0) is 23.3 Å². The fourth-order valence-electron chi connectivity index (χ4n) is 2.23. The van der Waals surface area contributed by atoms with Gasteiger partial charge in [0, 0.05) is 5.56 Å². The molecule has 0 saturated carbocycles. The van der Waals surface area contributed by atoms with E-state index in [1.165, 1.54) is 42.2 Å². The summed E-state index contributed by atoms with van der Waals surface area (Å²) < 4.78 is 40.6. The number of hydrogen-bond acceptors (Lipinski definition) is 5. The summed E-state index contributed by atoms with van der Waals surface area (Å²) in [5, 5.41) is 10.9. The topological polar surface area (TPSA) is 63.0 Å². The monoisotopic (exact) mass is 379 g/mol. The molecular formula is C17H12F3N3O2S. The van der Waals surface area contributed by atoms with E-state index in [-0.39, 0.29) is 11.7 Å². The molecule has 1 amide bonds. The number of nitrogens with one attached hydrogen (secondary N) is 1. The highest BCUT2D eigenvalue weighted by atomic mass is 32.2. The predicted octanol–water partition coefficient (Wildman–Crippen LogP) is 3.81. The van der Waals surface area contributed by atoms with Crippen molar-refractivity contribution in [2.75, 3.05) is 5.75 Å². The van der Waals surface area contributed by atoms with E-state index in [4.69, 9.17) is 0 Å². The van der Waals surface area contributed by atoms with Gasteiger partial charge in [0.05, 0.1) is 12.0 Å². The highest BCUT2D eigenvalue weighted by Gasteiger charge is 2.30. The zero-order chi connectivity index (χ0) is 18.6. The summed E-state index contributed by atoms with van der Waals surface area (Å²) in [5.41, 5.74) is 2.21. The lowest BCUT2D eigenvalue weighted by molar-refractivity contribution is -0.274. The van der Waals surface area contributed by atoms with Crippen LogP contribution < -0.4 is 10.1 Å². The standard InChI is InChI=1S/C17H12F3N3O2S/c18-17(19,20)25-13-7-5-11(6-8-13)14-4-2-1-3-12(14)9-21-23-16-22-15(24)10-26-16/h1-9H,10H2,(H,22,23,24). The molecule has 1 heterocycles. The molecule has 2 aromatic rings. The van der Waals surface area contributed by atoms with Gasteiger partial charge in [-0.1, -0.05) is 48.2 Å². The Balaban J connectivity index is 1.80. The second-order valence-corrected chi connectivity index (χ2v) is 6.11. The Labute approximate surface area is 151 Å². The van der Waals surface area contributed by atoms with Crippen molar-refractivity contribution in [3.63, 3.8) is 0 Å². The van der Waals surface area contributed by atoms with Crippen LogP contribution in [0.25, 0.3) is 11.1 Å². The molecule has 5 nitrogen and oxygen atoms in total. The molecule has 0 radical (unpaired) electrons. The zero-order valence-corrected chi connectivity index (χ0v) is 14.0. The van der Waals surface area contributed by atoms with E-state index >= 15 is 0 Å². The van der Waals surface area contributed by atoms with Crippen LogP contribution in [-0.4, -0.2) is 29.4 Å². The van der Waals surface area contributed by atoms with Crippen molar-refractivity contribution in [1.29, 1.82) is 0 Å². The van der Waals surface area contributed by atoms with Crippen LogP contribution in [0.5, 0.6) is 5.75 Å². The Hall–Kier alpha value is -2.81. The van der Waals surface area contributed by atoms with Crippen LogP contribution >= 0.6 is 11.8 Å². The van der Waals surface area contributed by atoms with Crippen LogP contribution in [0.3, 0.4) is 0 Å². The van der Waals surface area contributed by atoms with Gasteiger partial charge < -0.3 is 10.1 Å². The number of hydrogen-bond donors (Lipinski definition) is 1. The van der Waals surface area contributed by atoms with Crippen molar-refractivity contribution in [1.82, 2.24) is 5.32 Å². The molecule has 134 valence electrons. The van der Waals surface area contributed by atoms with Crippen LogP contribution in [0, 0.1) is 0 Å². The molecule has 2 aromatic carbocycles. The number of alkyl halides is 3. The van der Waals surface area contributed by atoms with Gasteiger partial charge in [-0.3, -0.25) is 4.79 Å². The van der Waals surface area contributed by atoms with Crippen molar-refractivity contribution in [3.8, 4) is 16.9 Å².